The summed E-state index contributed by atoms with van der Waals surface area (Å²) in [5.41, 5.74) is 12.6. The van der Waals surface area contributed by atoms with Crippen LogP contribution in [0.2, 0.25) is 0 Å². The minimum Gasteiger partial charge on any atom is -0.491 e. The number of hydrogen-bond donors (Lipinski definition) is 2. The van der Waals surface area contributed by atoms with Crippen LogP contribution in [0, 0.1) is 0 Å². The minimum absolute atomic E-state index is 0. The third-order valence-corrected chi connectivity index (χ3v) is 6.43. The monoisotopic (exact) mass is 533 g/mol. The van der Waals surface area contributed by atoms with Gasteiger partial charge in [-0.25, -0.2) is 4.98 Å². The lowest BCUT2D eigenvalue weighted by molar-refractivity contribution is -0.134. The first kappa shape index (κ1) is 27.3. The van der Waals surface area contributed by atoms with Crippen LogP contribution in [-0.4, -0.2) is 58.2 Å². The number of halogens is 1. The van der Waals surface area contributed by atoms with Crippen LogP contribution in [-0.2, 0) is 28.9 Å². The molecule has 1 amide bonds. The summed E-state index contributed by atoms with van der Waals surface area (Å²) in [6, 6.07) is 17.9. The molecule has 0 saturated carbocycles. The van der Waals surface area contributed by atoms with Crippen LogP contribution < -0.4 is 10.5 Å². The van der Waals surface area contributed by atoms with E-state index in [0.717, 1.165) is 39.3 Å². The third-order valence-electron chi connectivity index (χ3n) is 6.43. The molecule has 9 heteroatoms. The zero-order valence-corrected chi connectivity index (χ0v) is 21.9. The van der Waals surface area contributed by atoms with Crippen molar-refractivity contribution >= 4 is 18.3 Å². The number of hydrogen-bond acceptors (Lipinski definition) is 6. The van der Waals surface area contributed by atoms with Gasteiger partial charge >= 0.3 is 0 Å². The number of carbonyl (C=O) groups excluding carboxylic acids is 1. The van der Waals surface area contributed by atoms with Gasteiger partial charge < -0.3 is 25.1 Å². The number of H-pyrrole nitrogens is 1. The fourth-order valence-electron chi connectivity index (χ4n) is 4.56. The third kappa shape index (κ3) is 6.98. The number of nitrogens with two attached hydrogens (primary N) is 1. The van der Waals surface area contributed by atoms with E-state index in [1.54, 1.807) is 23.6 Å². The van der Waals surface area contributed by atoms with E-state index in [4.69, 9.17) is 15.2 Å². The van der Waals surface area contributed by atoms with Gasteiger partial charge in [0.2, 0.25) is 5.91 Å². The molecule has 2 aromatic heterocycles. The summed E-state index contributed by atoms with van der Waals surface area (Å²) in [5, 5.41) is 0. The van der Waals surface area contributed by atoms with Crippen LogP contribution in [0.4, 0.5) is 0 Å². The minimum atomic E-state index is -0.663. The Kier molecular flexibility index (Phi) is 9.48. The molecule has 0 saturated heterocycles. The number of benzene rings is 2. The second kappa shape index (κ2) is 13.2. The predicted octanol–water partition coefficient (Wildman–Crippen LogP) is 3.79. The molecule has 2 aromatic carbocycles. The van der Waals surface area contributed by atoms with Crippen molar-refractivity contribution in [3.05, 3.63) is 102 Å². The standard InChI is InChI=1S/C29H31N5O3.ClH/c30-27(16-26-18-32-20-33-26)29(35)34-9-10-36-11-12-37-28-7-6-23(24-5-2-8-31-17-24)15-25(28)14-21-3-1-4-22(13-21)19-34;/h1-8,13,15,17-18,20,27H,9-12,14,16,19,30H2,(H,32,33);1H/t27-;/m1./s1. The van der Waals surface area contributed by atoms with E-state index in [0.29, 0.717) is 45.8 Å². The summed E-state index contributed by atoms with van der Waals surface area (Å²) in [5.74, 6) is 0.735. The van der Waals surface area contributed by atoms with E-state index in [1.165, 1.54) is 0 Å². The van der Waals surface area contributed by atoms with Crippen molar-refractivity contribution in [3.63, 3.8) is 0 Å². The van der Waals surface area contributed by atoms with Gasteiger partial charge in [0.25, 0.3) is 0 Å². The molecule has 0 radical (unpaired) electrons. The largest absolute Gasteiger partial charge is 0.491 e. The SMILES string of the molecule is Cl.N[C@H](Cc1cnc[nH]1)C(=O)N1CCOCCOc2ccc(-c3cccnc3)cc2Cc2cccc(c2)C1. The van der Waals surface area contributed by atoms with Gasteiger partial charge in [0.05, 0.1) is 25.6 Å². The van der Waals surface area contributed by atoms with Gasteiger partial charge in [-0.05, 0) is 40.5 Å². The molecule has 5 rings (SSSR count). The number of carbonyl (C=O) groups is 1. The predicted molar refractivity (Wildman–Crippen MR) is 148 cm³/mol. The lowest BCUT2D eigenvalue weighted by Gasteiger charge is -2.26. The first-order valence-electron chi connectivity index (χ1n) is 12.5. The molecule has 0 aliphatic carbocycles. The molecule has 1 aliphatic heterocycles. The zero-order valence-electron chi connectivity index (χ0n) is 21.1. The smallest absolute Gasteiger partial charge is 0.240 e. The fourth-order valence-corrected chi connectivity index (χ4v) is 4.56. The Morgan fingerprint density at radius 2 is 1.89 bits per heavy atom. The normalized spacial score (nSPS) is 14.8. The number of aromatic nitrogens is 3. The van der Waals surface area contributed by atoms with E-state index >= 15 is 0 Å². The van der Waals surface area contributed by atoms with Crippen molar-refractivity contribution < 1.29 is 14.3 Å². The molecular weight excluding hydrogens is 502 g/mol. The highest BCUT2D eigenvalue weighted by Gasteiger charge is 2.22. The molecule has 1 aliphatic rings. The van der Waals surface area contributed by atoms with Crippen molar-refractivity contribution in [3.8, 4) is 16.9 Å². The van der Waals surface area contributed by atoms with Gasteiger partial charge in [-0.3, -0.25) is 9.78 Å². The summed E-state index contributed by atoms with van der Waals surface area (Å²) in [7, 11) is 0. The van der Waals surface area contributed by atoms with Gasteiger partial charge in [-0.15, -0.1) is 12.4 Å². The second-order valence-electron chi connectivity index (χ2n) is 9.17. The van der Waals surface area contributed by atoms with E-state index in [1.807, 2.05) is 30.5 Å². The van der Waals surface area contributed by atoms with Crippen LogP contribution in [0.1, 0.15) is 22.4 Å². The summed E-state index contributed by atoms with van der Waals surface area (Å²) in [6.45, 7) is 2.17. The number of fused-ring (bicyclic) bond motifs is 3. The number of imidazole rings is 1. The Bertz CT molecular complexity index is 1320. The van der Waals surface area contributed by atoms with E-state index in [9.17, 15) is 4.79 Å². The average Bonchev–Trinajstić information content (AvgIpc) is 3.43. The van der Waals surface area contributed by atoms with Crippen molar-refractivity contribution in [1.82, 2.24) is 19.9 Å². The number of amides is 1. The summed E-state index contributed by atoms with van der Waals surface area (Å²) in [4.78, 5) is 26.3. The Morgan fingerprint density at radius 1 is 1.00 bits per heavy atom. The molecule has 3 heterocycles. The fraction of sp³-hybridized carbons (Fsp3) is 0.276. The maximum Gasteiger partial charge on any atom is 0.240 e. The van der Waals surface area contributed by atoms with Crippen molar-refractivity contribution in [1.29, 1.82) is 0 Å². The van der Waals surface area contributed by atoms with Gasteiger partial charge in [0.1, 0.15) is 12.4 Å². The second-order valence-corrected chi connectivity index (χ2v) is 9.17. The number of aromatic amines is 1. The number of ether oxygens (including phenoxy) is 2. The maximum absolute atomic E-state index is 13.3. The molecule has 198 valence electrons. The quantitative estimate of drug-likeness (QED) is 0.413. The van der Waals surface area contributed by atoms with Crippen LogP contribution >= 0.6 is 12.4 Å². The van der Waals surface area contributed by atoms with Crippen molar-refractivity contribution in [2.24, 2.45) is 5.73 Å². The first-order valence-corrected chi connectivity index (χ1v) is 12.5. The average molecular weight is 534 g/mol. The number of pyridine rings is 1. The van der Waals surface area contributed by atoms with E-state index in [2.05, 4.69) is 45.3 Å². The molecule has 1 atom stereocenters. The highest BCUT2D eigenvalue weighted by Crippen LogP contribution is 2.29. The van der Waals surface area contributed by atoms with Crippen LogP contribution in [0.3, 0.4) is 0 Å². The summed E-state index contributed by atoms with van der Waals surface area (Å²) >= 11 is 0. The Hall–Kier alpha value is -3.72. The molecule has 2 bridgehead atoms. The number of nitrogens with zero attached hydrogens (tertiary/aromatic N) is 3. The van der Waals surface area contributed by atoms with Gasteiger partial charge in [0.15, 0.2) is 0 Å². The highest BCUT2D eigenvalue weighted by molar-refractivity contribution is 5.85. The van der Waals surface area contributed by atoms with Crippen molar-refractivity contribution in [2.45, 2.75) is 25.4 Å². The molecule has 3 N–H and O–H groups in total. The highest BCUT2D eigenvalue weighted by atomic mass is 35.5. The zero-order chi connectivity index (χ0) is 25.5. The molecular formula is C29H32ClN5O3. The Balaban J connectivity index is 0.00000336. The van der Waals surface area contributed by atoms with E-state index < -0.39 is 6.04 Å². The van der Waals surface area contributed by atoms with Crippen molar-refractivity contribution in [2.75, 3.05) is 26.4 Å². The lowest BCUT2D eigenvalue weighted by atomic mass is 9.98. The van der Waals surface area contributed by atoms with Crippen LogP contribution in [0.15, 0.2) is 79.5 Å². The summed E-state index contributed by atoms with van der Waals surface area (Å²) < 4.78 is 11.9. The van der Waals surface area contributed by atoms with E-state index in [-0.39, 0.29) is 18.3 Å². The molecule has 0 unspecified atom stereocenters. The molecule has 4 aromatic rings. The molecule has 8 nitrogen and oxygen atoms in total. The van der Waals surface area contributed by atoms with Gasteiger partial charge in [-0.2, -0.15) is 0 Å². The lowest BCUT2D eigenvalue weighted by Crippen LogP contribution is -2.46. The maximum atomic E-state index is 13.3. The first-order chi connectivity index (χ1) is 18.2. The van der Waals surface area contributed by atoms with Crippen LogP contribution in [0.5, 0.6) is 5.75 Å². The summed E-state index contributed by atoms with van der Waals surface area (Å²) in [6.07, 6.45) is 8.03. The Morgan fingerprint density at radius 3 is 2.71 bits per heavy atom. The van der Waals surface area contributed by atoms with Gasteiger partial charge in [-0.1, -0.05) is 36.4 Å². The molecule has 38 heavy (non-hydrogen) atoms. The van der Waals surface area contributed by atoms with Crippen LogP contribution in [0.25, 0.3) is 11.1 Å². The van der Waals surface area contributed by atoms with Gasteiger partial charge in [0, 0.05) is 55.8 Å². The number of rotatable bonds is 4. The Labute approximate surface area is 228 Å². The number of nitrogens with one attached hydrogen (secondary N) is 1. The topological polar surface area (TPSA) is 106 Å². The molecule has 0 fully saturated rings. The molecule has 0 spiro atoms.